The van der Waals surface area contributed by atoms with Crippen molar-refractivity contribution in [3.63, 3.8) is 0 Å². The maximum Gasteiger partial charge on any atom is 0.175 e. The van der Waals surface area contributed by atoms with Crippen molar-refractivity contribution in [1.82, 2.24) is 9.38 Å². The van der Waals surface area contributed by atoms with E-state index in [0.29, 0.717) is 28.6 Å². The van der Waals surface area contributed by atoms with Crippen LogP contribution in [-0.2, 0) is 0 Å². The molecule has 0 aliphatic rings. The van der Waals surface area contributed by atoms with Gasteiger partial charge in [0.25, 0.3) is 0 Å². The molecule has 2 heterocycles. The van der Waals surface area contributed by atoms with Crippen LogP contribution in [0.3, 0.4) is 0 Å². The fourth-order valence-electron chi connectivity index (χ4n) is 2.25. The average molecular weight is 287 g/mol. The second-order valence-corrected chi connectivity index (χ2v) is 4.46. The Morgan fingerprint density at radius 1 is 1.19 bits per heavy atom. The number of anilines is 1. The molecule has 108 valence electrons. The number of pyridine rings is 1. The predicted octanol–water partition coefficient (Wildman–Crippen LogP) is 2.74. The molecule has 6 heteroatoms. The molecule has 0 spiro atoms. The first-order valence-electron chi connectivity index (χ1n) is 6.30. The van der Waals surface area contributed by atoms with Gasteiger partial charge in [-0.15, -0.1) is 0 Å². The van der Waals surface area contributed by atoms with E-state index in [1.807, 2.05) is 0 Å². The lowest BCUT2D eigenvalue weighted by molar-refractivity contribution is 0.404. The third kappa shape index (κ3) is 2.05. The highest BCUT2D eigenvalue weighted by atomic mass is 19.1. The lowest BCUT2D eigenvalue weighted by Crippen LogP contribution is -1.96. The van der Waals surface area contributed by atoms with E-state index < -0.39 is 5.82 Å². The Kier molecular flexibility index (Phi) is 3.13. The first-order valence-corrected chi connectivity index (χ1v) is 6.30. The Hall–Kier alpha value is -2.76. The van der Waals surface area contributed by atoms with Gasteiger partial charge in [-0.25, -0.2) is 9.37 Å². The monoisotopic (exact) mass is 287 g/mol. The molecule has 0 aliphatic carbocycles. The van der Waals surface area contributed by atoms with Gasteiger partial charge < -0.3 is 15.2 Å². The van der Waals surface area contributed by atoms with Gasteiger partial charge in [-0.3, -0.25) is 4.40 Å². The molecule has 3 aromatic rings. The number of benzene rings is 1. The fourth-order valence-corrected chi connectivity index (χ4v) is 2.25. The highest BCUT2D eigenvalue weighted by Crippen LogP contribution is 2.36. The lowest BCUT2D eigenvalue weighted by Gasteiger charge is -2.09. The van der Waals surface area contributed by atoms with Crippen LogP contribution in [0.1, 0.15) is 0 Å². The summed E-state index contributed by atoms with van der Waals surface area (Å²) >= 11 is 0. The molecular weight excluding hydrogens is 273 g/mol. The summed E-state index contributed by atoms with van der Waals surface area (Å²) in [5, 5.41) is 0. The molecule has 2 N–H and O–H groups in total. The number of nitrogens with two attached hydrogens (primary N) is 1. The highest BCUT2D eigenvalue weighted by Gasteiger charge is 2.17. The van der Waals surface area contributed by atoms with Crippen molar-refractivity contribution in [2.45, 2.75) is 0 Å². The van der Waals surface area contributed by atoms with E-state index in [4.69, 9.17) is 15.2 Å². The van der Waals surface area contributed by atoms with Gasteiger partial charge in [0.05, 0.1) is 14.2 Å². The normalized spacial score (nSPS) is 10.8. The summed E-state index contributed by atoms with van der Waals surface area (Å²) in [5.74, 6) is 1.14. The number of ether oxygens (including phenoxy) is 2. The molecule has 0 saturated carbocycles. The molecule has 2 aromatic heterocycles. The van der Waals surface area contributed by atoms with E-state index >= 15 is 0 Å². The van der Waals surface area contributed by atoms with Crippen LogP contribution in [-0.4, -0.2) is 23.6 Å². The molecule has 0 fully saturated rings. The third-order valence-electron chi connectivity index (χ3n) is 3.30. The van der Waals surface area contributed by atoms with Gasteiger partial charge >= 0.3 is 0 Å². The van der Waals surface area contributed by atoms with Crippen LogP contribution in [0.25, 0.3) is 16.9 Å². The lowest BCUT2D eigenvalue weighted by atomic mass is 10.1. The van der Waals surface area contributed by atoms with E-state index in [9.17, 15) is 4.39 Å². The average Bonchev–Trinajstić information content (AvgIpc) is 2.85. The molecule has 0 radical (unpaired) electrons. The van der Waals surface area contributed by atoms with Gasteiger partial charge in [0.1, 0.15) is 23.0 Å². The molecule has 0 amide bonds. The number of imidazole rings is 1. The van der Waals surface area contributed by atoms with Crippen LogP contribution >= 0.6 is 0 Å². The fraction of sp³-hybridized carbons (Fsp3) is 0.133. The Bertz CT molecular complexity index is 814. The standard InChI is InChI=1S/C15H14FN3O2/c1-20-9-5-6-12(21-2)10(8-9)13-14(17)19-7-3-4-11(16)15(19)18-13/h3-8H,17H2,1-2H3. The zero-order valence-electron chi connectivity index (χ0n) is 11.6. The third-order valence-corrected chi connectivity index (χ3v) is 3.30. The van der Waals surface area contributed by atoms with Gasteiger partial charge in [-0.2, -0.15) is 0 Å². The number of nitrogen functional groups attached to an aromatic ring is 1. The van der Waals surface area contributed by atoms with Crippen LogP contribution in [0.4, 0.5) is 10.2 Å². The predicted molar refractivity (Wildman–Crippen MR) is 78.1 cm³/mol. The Balaban J connectivity index is 2.30. The number of halogens is 1. The molecule has 0 bridgehead atoms. The van der Waals surface area contributed by atoms with Gasteiger partial charge in [0.2, 0.25) is 0 Å². The van der Waals surface area contributed by atoms with Gasteiger partial charge in [0, 0.05) is 11.8 Å². The van der Waals surface area contributed by atoms with Gasteiger partial charge in [0.15, 0.2) is 11.5 Å². The number of aromatic nitrogens is 2. The van der Waals surface area contributed by atoms with Crippen LogP contribution in [0.2, 0.25) is 0 Å². The molecule has 3 rings (SSSR count). The van der Waals surface area contributed by atoms with Crippen molar-refractivity contribution in [3.05, 3.63) is 42.3 Å². The van der Waals surface area contributed by atoms with Crippen molar-refractivity contribution >= 4 is 11.5 Å². The van der Waals surface area contributed by atoms with E-state index in [1.54, 1.807) is 44.7 Å². The first-order chi connectivity index (χ1) is 10.2. The molecule has 0 saturated heterocycles. The highest BCUT2D eigenvalue weighted by molar-refractivity contribution is 5.80. The molecular formula is C15H14FN3O2. The zero-order valence-corrected chi connectivity index (χ0v) is 11.6. The number of methoxy groups -OCH3 is 2. The van der Waals surface area contributed by atoms with Crippen LogP contribution in [0, 0.1) is 5.82 Å². The molecule has 1 aromatic carbocycles. The smallest absolute Gasteiger partial charge is 0.175 e. The molecule has 21 heavy (non-hydrogen) atoms. The summed E-state index contributed by atoms with van der Waals surface area (Å²) < 4.78 is 25.9. The summed E-state index contributed by atoms with van der Waals surface area (Å²) in [6.07, 6.45) is 1.66. The second-order valence-electron chi connectivity index (χ2n) is 4.46. The van der Waals surface area contributed by atoms with Crippen LogP contribution in [0.15, 0.2) is 36.5 Å². The van der Waals surface area contributed by atoms with Crippen molar-refractivity contribution in [1.29, 1.82) is 0 Å². The molecule has 0 unspecified atom stereocenters. The number of rotatable bonds is 3. The van der Waals surface area contributed by atoms with E-state index in [1.165, 1.54) is 10.5 Å². The first kappa shape index (κ1) is 13.2. The molecule has 0 aliphatic heterocycles. The number of fused-ring (bicyclic) bond motifs is 1. The Morgan fingerprint density at radius 3 is 2.67 bits per heavy atom. The van der Waals surface area contributed by atoms with Crippen molar-refractivity contribution < 1.29 is 13.9 Å². The SMILES string of the molecule is COc1ccc(OC)c(-c2nc3c(F)cccn3c2N)c1. The quantitative estimate of drug-likeness (QED) is 0.804. The number of nitrogens with zero attached hydrogens (tertiary/aromatic N) is 2. The molecule has 5 nitrogen and oxygen atoms in total. The number of hydrogen-bond acceptors (Lipinski definition) is 4. The summed E-state index contributed by atoms with van der Waals surface area (Å²) in [5.41, 5.74) is 7.37. The van der Waals surface area contributed by atoms with E-state index in [0.717, 1.165) is 0 Å². The zero-order chi connectivity index (χ0) is 15.0. The van der Waals surface area contributed by atoms with Crippen molar-refractivity contribution in [2.75, 3.05) is 20.0 Å². The Labute approximate surface area is 120 Å². The number of hydrogen-bond donors (Lipinski definition) is 1. The van der Waals surface area contributed by atoms with Gasteiger partial charge in [-0.1, -0.05) is 0 Å². The largest absolute Gasteiger partial charge is 0.497 e. The topological polar surface area (TPSA) is 61.8 Å². The maximum absolute atomic E-state index is 13.8. The Morgan fingerprint density at radius 2 is 2.00 bits per heavy atom. The second kappa shape index (κ2) is 4.97. The van der Waals surface area contributed by atoms with Gasteiger partial charge in [-0.05, 0) is 30.3 Å². The van der Waals surface area contributed by atoms with Crippen LogP contribution < -0.4 is 15.2 Å². The minimum Gasteiger partial charge on any atom is -0.497 e. The van der Waals surface area contributed by atoms with Crippen molar-refractivity contribution in [3.8, 4) is 22.8 Å². The summed E-state index contributed by atoms with van der Waals surface area (Å²) in [4.78, 5) is 4.29. The maximum atomic E-state index is 13.8. The minimum absolute atomic E-state index is 0.176. The van der Waals surface area contributed by atoms with E-state index in [2.05, 4.69) is 4.98 Å². The van der Waals surface area contributed by atoms with E-state index in [-0.39, 0.29) is 5.65 Å². The summed E-state index contributed by atoms with van der Waals surface area (Å²) in [7, 11) is 3.12. The minimum atomic E-state index is -0.433. The summed E-state index contributed by atoms with van der Waals surface area (Å²) in [6, 6.07) is 8.21. The van der Waals surface area contributed by atoms with Crippen molar-refractivity contribution in [2.24, 2.45) is 0 Å². The summed E-state index contributed by atoms with van der Waals surface area (Å²) in [6.45, 7) is 0. The molecule has 0 atom stereocenters. The van der Waals surface area contributed by atoms with Crippen LogP contribution in [0.5, 0.6) is 11.5 Å².